The van der Waals surface area contributed by atoms with Crippen molar-refractivity contribution in [1.82, 2.24) is 15.3 Å². The van der Waals surface area contributed by atoms with Crippen molar-refractivity contribution >= 4 is 40.7 Å². The number of nitrogens with zero attached hydrogens (tertiary/aromatic N) is 2. The minimum Gasteiger partial charge on any atom is -0.494 e. The molecule has 178 valence electrons. The largest absolute Gasteiger partial charge is 0.494 e. The number of hydrogen-bond donors (Lipinski definition) is 2. The Morgan fingerprint density at radius 1 is 1.09 bits per heavy atom. The number of thiocarbonyl (C=S) groups is 1. The van der Waals surface area contributed by atoms with Crippen LogP contribution in [0.2, 0.25) is 0 Å². The van der Waals surface area contributed by atoms with E-state index in [2.05, 4.69) is 10.7 Å². The molecule has 1 unspecified atom stereocenters. The van der Waals surface area contributed by atoms with Crippen LogP contribution in [0.4, 0.5) is 5.69 Å². The third-order valence-electron chi connectivity index (χ3n) is 5.65. The van der Waals surface area contributed by atoms with Crippen molar-refractivity contribution in [3.63, 3.8) is 0 Å². The van der Waals surface area contributed by atoms with Gasteiger partial charge in [0, 0.05) is 11.6 Å². The van der Waals surface area contributed by atoms with Gasteiger partial charge in [0.15, 0.2) is 5.11 Å². The number of benzene rings is 2. The fourth-order valence-electron chi connectivity index (χ4n) is 3.66. The molecule has 1 atom stereocenters. The molecule has 2 aromatic carbocycles. The lowest BCUT2D eigenvalue weighted by Gasteiger charge is -2.24. The van der Waals surface area contributed by atoms with Crippen molar-refractivity contribution in [2.75, 3.05) is 11.9 Å². The van der Waals surface area contributed by atoms with E-state index in [-0.39, 0.29) is 41.7 Å². The van der Waals surface area contributed by atoms with Crippen molar-refractivity contribution in [2.24, 2.45) is 5.92 Å². The van der Waals surface area contributed by atoms with Crippen LogP contribution in [-0.4, -0.2) is 45.4 Å². The standard InChI is InChI=1S/C25H28N4O4S/c1-2-14-33-20-12-10-19(11-13-20)26-22(30)15-21-24(32)28(16-17-6-4-3-5-7-17)25(34)29(21)27-23(31)18-8-9-18/h3-7,10-13,18,21H,2,8-9,14-16H2,1H3,(H,26,30)(H,27,31). The predicted octanol–water partition coefficient (Wildman–Crippen LogP) is 3.24. The first kappa shape index (κ1) is 23.7. The molecule has 2 N–H and O–H groups in total. The van der Waals surface area contributed by atoms with E-state index in [1.165, 1.54) is 9.91 Å². The van der Waals surface area contributed by atoms with Crippen LogP contribution in [0.3, 0.4) is 0 Å². The summed E-state index contributed by atoms with van der Waals surface area (Å²) in [7, 11) is 0. The van der Waals surface area contributed by atoms with Crippen molar-refractivity contribution in [2.45, 2.75) is 45.2 Å². The molecule has 8 nitrogen and oxygen atoms in total. The molecule has 0 radical (unpaired) electrons. The summed E-state index contributed by atoms with van der Waals surface area (Å²) in [5, 5.41) is 4.38. The van der Waals surface area contributed by atoms with Crippen molar-refractivity contribution < 1.29 is 19.1 Å². The van der Waals surface area contributed by atoms with Crippen LogP contribution in [0.15, 0.2) is 54.6 Å². The van der Waals surface area contributed by atoms with Crippen LogP contribution >= 0.6 is 12.2 Å². The summed E-state index contributed by atoms with van der Waals surface area (Å²) < 4.78 is 5.56. The minimum absolute atomic E-state index is 0.0657. The lowest BCUT2D eigenvalue weighted by molar-refractivity contribution is -0.133. The molecule has 9 heteroatoms. The Balaban J connectivity index is 1.45. The quantitative estimate of drug-likeness (QED) is 0.508. The van der Waals surface area contributed by atoms with Gasteiger partial charge in [0.1, 0.15) is 11.8 Å². The van der Waals surface area contributed by atoms with Crippen LogP contribution in [0.1, 0.15) is 38.2 Å². The van der Waals surface area contributed by atoms with Crippen molar-refractivity contribution in [1.29, 1.82) is 0 Å². The molecule has 0 bridgehead atoms. The molecule has 1 saturated carbocycles. The van der Waals surface area contributed by atoms with Crippen LogP contribution in [0, 0.1) is 5.92 Å². The number of anilines is 1. The number of amides is 3. The summed E-state index contributed by atoms with van der Waals surface area (Å²) in [5.74, 6) is -0.186. The molecule has 0 aromatic heterocycles. The summed E-state index contributed by atoms with van der Waals surface area (Å²) in [6, 6.07) is 15.6. The SMILES string of the molecule is CCCOc1ccc(NC(=O)CC2C(=O)N(Cc3ccccc3)C(=S)N2NC(=O)C2CC2)cc1. The minimum atomic E-state index is -0.911. The van der Waals surface area contributed by atoms with Crippen LogP contribution < -0.4 is 15.5 Å². The van der Waals surface area contributed by atoms with Gasteiger partial charge in [0.05, 0.1) is 19.6 Å². The monoisotopic (exact) mass is 480 g/mol. The third kappa shape index (κ3) is 5.72. The molecular weight excluding hydrogens is 452 g/mol. The van der Waals surface area contributed by atoms with E-state index in [9.17, 15) is 14.4 Å². The lowest BCUT2D eigenvalue weighted by Crippen LogP contribution is -2.50. The van der Waals surface area contributed by atoms with Gasteiger partial charge in [-0.05, 0) is 61.3 Å². The molecular formula is C25H28N4O4S. The second kappa shape index (κ2) is 10.6. The highest BCUT2D eigenvalue weighted by Crippen LogP contribution is 2.30. The number of carbonyl (C=O) groups excluding carboxylic acids is 3. The summed E-state index contributed by atoms with van der Waals surface area (Å²) in [5.41, 5.74) is 4.28. The average Bonchev–Trinajstić information content (AvgIpc) is 3.67. The Kier molecular flexibility index (Phi) is 7.42. The average molecular weight is 481 g/mol. The molecule has 2 fully saturated rings. The normalized spacial score (nSPS) is 17.6. The second-order valence-electron chi connectivity index (χ2n) is 8.45. The Morgan fingerprint density at radius 3 is 2.44 bits per heavy atom. The fourth-order valence-corrected chi connectivity index (χ4v) is 3.99. The lowest BCUT2D eigenvalue weighted by atomic mass is 10.1. The summed E-state index contributed by atoms with van der Waals surface area (Å²) in [6.45, 7) is 2.92. The molecule has 0 spiro atoms. The number of carbonyl (C=O) groups is 3. The van der Waals surface area contributed by atoms with E-state index in [4.69, 9.17) is 17.0 Å². The van der Waals surface area contributed by atoms with Gasteiger partial charge in [-0.1, -0.05) is 37.3 Å². The number of rotatable bonds is 10. The first-order valence-electron chi connectivity index (χ1n) is 11.5. The Hall–Kier alpha value is -3.46. The topological polar surface area (TPSA) is 91.0 Å². The van der Waals surface area contributed by atoms with E-state index >= 15 is 0 Å². The van der Waals surface area contributed by atoms with Gasteiger partial charge >= 0.3 is 0 Å². The van der Waals surface area contributed by atoms with Crippen LogP contribution in [0.5, 0.6) is 5.75 Å². The maximum atomic E-state index is 13.3. The number of hydrazine groups is 1. The van der Waals surface area contributed by atoms with Gasteiger partial charge in [-0.2, -0.15) is 0 Å². The van der Waals surface area contributed by atoms with Gasteiger partial charge in [0.2, 0.25) is 11.8 Å². The maximum Gasteiger partial charge on any atom is 0.254 e. The van der Waals surface area contributed by atoms with Crippen molar-refractivity contribution in [3.8, 4) is 5.75 Å². The predicted molar refractivity (Wildman–Crippen MR) is 132 cm³/mol. The highest BCUT2D eigenvalue weighted by molar-refractivity contribution is 7.80. The van der Waals surface area contributed by atoms with E-state index in [1.54, 1.807) is 24.3 Å². The van der Waals surface area contributed by atoms with Gasteiger partial charge < -0.3 is 10.1 Å². The summed E-state index contributed by atoms with van der Waals surface area (Å²) >= 11 is 5.54. The van der Waals surface area contributed by atoms with Gasteiger partial charge in [0.25, 0.3) is 5.91 Å². The molecule has 4 rings (SSSR count). The smallest absolute Gasteiger partial charge is 0.254 e. The molecule has 1 saturated heterocycles. The molecule has 2 aromatic rings. The Morgan fingerprint density at radius 2 is 1.79 bits per heavy atom. The molecule has 1 aliphatic carbocycles. The van der Waals surface area contributed by atoms with Crippen molar-refractivity contribution in [3.05, 3.63) is 60.2 Å². The highest BCUT2D eigenvalue weighted by atomic mass is 32.1. The third-order valence-corrected chi connectivity index (χ3v) is 6.07. The molecule has 1 aliphatic heterocycles. The summed E-state index contributed by atoms with van der Waals surface area (Å²) in [6.07, 6.45) is 2.39. The van der Waals surface area contributed by atoms with Crippen LogP contribution in [-0.2, 0) is 20.9 Å². The van der Waals surface area contributed by atoms with E-state index < -0.39 is 6.04 Å². The zero-order valence-electron chi connectivity index (χ0n) is 19.0. The molecule has 34 heavy (non-hydrogen) atoms. The second-order valence-corrected chi connectivity index (χ2v) is 8.82. The van der Waals surface area contributed by atoms with Gasteiger partial charge in [-0.25, -0.2) is 5.01 Å². The first-order valence-corrected chi connectivity index (χ1v) is 11.9. The van der Waals surface area contributed by atoms with Gasteiger partial charge in [-0.15, -0.1) is 0 Å². The summed E-state index contributed by atoms with van der Waals surface area (Å²) in [4.78, 5) is 40.0. The molecule has 1 heterocycles. The van der Waals surface area contributed by atoms with E-state index in [0.717, 1.165) is 30.6 Å². The zero-order valence-corrected chi connectivity index (χ0v) is 19.8. The fraction of sp³-hybridized carbons (Fsp3) is 0.360. The number of hydrogen-bond acceptors (Lipinski definition) is 5. The molecule has 2 aliphatic rings. The Labute approximate surface area is 204 Å². The van der Waals surface area contributed by atoms with Gasteiger partial charge in [-0.3, -0.25) is 24.7 Å². The maximum absolute atomic E-state index is 13.3. The van der Waals surface area contributed by atoms with E-state index in [1.807, 2.05) is 37.3 Å². The highest BCUT2D eigenvalue weighted by Gasteiger charge is 2.45. The molecule has 3 amide bonds. The van der Waals surface area contributed by atoms with E-state index in [0.29, 0.717) is 12.3 Å². The Bertz CT molecular complexity index is 1060. The number of ether oxygens (including phenoxy) is 1. The number of nitrogens with one attached hydrogen (secondary N) is 2. The first-order chi connectivity index (χ1) is 16.5. The van der Waals surface area contributed by atoms with Crippen LogP contribution in [0.25, 0.3) is 0 Å². The zero-order chi connectivity index (χ0) is 24.1.